The molecule has 0 bridgehead atoms. The maximum Gasteiger partial charge on any atom is 0.0484 e. The van der Waals surface area contributed by atoms with E-state index >= 15 is 0 Å². The van der Waals surface area contributed by atoms with Crippen LogP contribution in [0.4, 0.5) is 0 Å². The number of hydrogen-bond acceptors (Lipinski definition) is 3. The standard InChI is InChI=1S/C18H23N3/c1-3-20-18-16-9-5-4-8-15(16)11-17(18)21(2)13-14-7-6-10-19-12-14/h4-10,12,17-18,20H,3,11,13H2,1-2H3. The van der Waals surface area contributed by atoms with E-state index in [1.807, 2.05) is 18.5 Å². The summed E-state index contributed by atoms with van der Waals surface area (Å²) in [6.07, 6.45) is 4.90. The largest absolute Gasteiger partial charge is 0.309 e. The molecule has 1 aliphatic carbocycles. The monoisotopic (exact) mass is 281 g/mol. The van der Waals surface area contributed by atoms with Crippen LogP contribution >= 0.6 is 0 Å². The molecule has 21 heavy (non-hydrogen) atoms. The van der Waals surface area contributed by atoms with Crippen molar-refractivity contribution in [2.24, 2.45) is 0 Å². The second-order valence-electron chi connectivity index (χ2n) is 5.78. The number of rotatable bonds is 5. The molecule has 0 saturated heterocycles. The lowest BCUT2D eigenvalue weighted by Gasteiger charge is -2.30. The van der Waals surface area contributed by atoms with E-state index in [1.54, 1.807) is 0 Å². The van der Waals surface area contributed by atoms with Gasteiger partial charge in [0.25, 0.3) is 0 Å². The first kappa shape index (κ1) is 14.2. The number of benzene rings is 1. The van der Waals surface area contributed by atoms with Crippen molar-refractivity contribution >= 4 is 0 Å². The van der Waals surface area contributed by atoms with Crippen molar-refractivity contribution in [3.63, 3.8) is 0 Å². The van der Waals surface area contributed by atoms with Crippen molar-refractivity contribution in [1.29, 1.82) is 0 Å². The van der Waals surface area contributed by atoms with Crippen LogP contribution in [-0.2, 0) is 13.0 Å². The van der Waals surface area contributed by atoms with Crippen LogP contribution in [0.2, 0.25) is 0 Å². The van der Waals surface area contributed by atoms with Crippen molar-refractivity contribution in [2.75, 3.05) is 13.6 Å². The van der Waals surface area contributed by atoms with E-state index in [1.165, 1.54) is 16.7 Å². The first-order valence-electron chi connectivity index (χ1n) is 7.70. The van der Waals surface area contributed by atoms with Gasteiger partial charge in [0.05, 0.1) is 0 Å². The third kappa shape index (κ3) is 2.99. The Bertz CT molecular complexity index is 582. The number of hydrogen-bond donors (Lipinski definition) is 1. The molecule has 2 unspecified atom stereocenters. The van der Waals surface area contributed by atoms with Gasteiger partial charge in [-0.15, -0.1) is 0 Å². The molecule has 0 aliphatic heterocycles. The predicted octanol–water partition coefficient (Wildman–Crippen LogP) is 2.79. The summed E-state index contributed by atoms with van der Waals surface area (Å²) in [6, 6.07) is 13.9. The molecule has 1 aliphatic rings. The van der Waals surface area contributed by atoms with Gasteiger partial charge in [-0.1, -0.05) is 37.3 Å². The van der Waals surface area contributed by atoms with Crippen LogP contribution in [0.1, 0.15) is 29.7 Å². The molecule has 0 saturated carbocycles. The van der Waals surface area contributed by atoms with Gasteiger partial charge in [-0.05, 0) is 42.8 Å². The fourth-order valence-electron chi connectivity index (χ4n) is 3.35. The smallest absolute Gasteiger partial charge is 0.0484 e. The summed E-state index contributed by atoms with van der Waals surface area (Å²) in [7, 11) is 2.22. The minimum absolute atomic E-state index is 0.424. The molecule has 1 N–H and O–H groups in total. The molecule has 1 aromatic heterocycles. The lowest BCUT2D eigenvalue weighted by Crippen LogP contribution is -2.40. The maximum absolute atomic E-state index is 4.22. The summed E-state index contributed by atoms with van der Waals surface area (Å²) >= 11 is 0. The van der Waals surface area contributed by atoms with E-state index in [4.69, 9.17) is 0 Å². The van der Waals surface area contributed by atoms with Crippen molar-refractivity contribution < 1.29 is 0 Å². The first-order chi connectivity index (χ1) is 10.3. The first-order valence-corrected chi connectivity index (χ1v) is 7.70. The zero-order valence-electron chi connectivity index (χ0n) is 12.8. The zero-order valence-corrected chi connectivity index (χ0v) is 12.8. The lowest BCUT2D eigenvalue weighted by molar-refractivity contribution is 0.197. The van der Waals surface area contributed by atoms with Crippen molar-refractivity contribution in [3.8, 4) is 0 Å². The molecule has 3 heteroatoms. The second kappa shape index (κ2) is 6.37. The Labute approximate surface area is 127 Å². The molecule has 0 spiro atoms. The van der Waals surface area contributed by atoms with Gasteiger partial charge in [-0.2, -0.15) is 0 Å². The molecular formula is C18H23N3. The summed E-state index contributed by atoms with van der Waals surface area (Å²) in [5.74, 6) is 0. The Morgan fingerprint density at radius 3 is 2.86 bits per heavy atom. The van der Waals surface area contributed by atoms with Gasteiger partial charge in [-0.3, -0.25) is 9.88 Å². The van der Waals surface area contributed by atoms with E-state index in [0.29, 0.717) is 12.1 Å². The van der Waals surface area contributed by atoms with Gasteiger partial charge in [-0.25, -0.2) is 0 Å². The Morgan fingerprint density at radius 2 is 2.10 bits per heavy atom. The molecule has 110 valence electrons. The van der Waals surface area contributed by atoms with Gasteiger partial charge in [0, 0.05) is 31.0 Å². The van der Waals surface area contributed by atoms with Crippen LogP contribution in [0.25, 0.3) is 0 Å². The third-order valence-electron chi connectivity index (χ3n) is 4.35. The van der Waals surface area contributed by atoms with E-state index < -0.39 is 0 Å². The fraction of sp³-hybridized carbons (Fsp3) is 0.389. The highest BCUT2D eigenvalue weighted by Gasteiger charge is 2.33. The van der Waals surface area contributed by atoms with Crippen molar-refractivity contribution in [2.45, 2.75) is 32.0 Å². The molecular weight excluding hydrogens is 258 g/mol. The lowest BCUT2D eigenvalue weighted by atomic mass is 10.1. The molecule has 0 amide bonds. The molecule has 0 fully saturated rings. The topological polar surface area (TPSA) is 28.2 Å². The van der Waals surface area contributed by atoms with E-state index in [2.05, 4.69) is 59.5 Å². The molecule has 2 aromatic rings. The Morgan fingerprint density at radius 1 is 1.24 bits per heavy atom. The summed E-state index contributed by atoms with van der Waals surface area (Å²) in [5, 5.41) is 3.66. The van der Waals surface area contributed by atoms with Crippen LogP contribution in [0.15, 0.2) is 48.8 Å². The number of likely N-dealkylation sites (N-methyl/N-ethyl adjacent to an activating group) is 2. The van der Waals surface area contributed by atoms with E-state index in [-0.39, 0.29) is 0 Å². The Kier molecular flexibility index (Phi) is 4.32. The van der Waals surface area contributed by atoms with Gasteiger partial charge >= 0.3 is 0 Å². The highest BCUT2D eigenvalue weighted by molar-refractivity contribution is 5.37. The highest BCUT2D eigenvalue weighted by Crippen LogP contribution is 2.34. The number of aromatic nitrogens is 1. The number of pyridine rings is 1. The van der Waals surface area contributed by atoms with Crippen LogP contribution in [-0.4, -0.2) is 29.5 Å². The van der Waals surface area contributed by atoms with Crippen molar-refractivity contribution in [1.82, 2.24) is 15.2 Å². The Balaban J connectivity index is 1.78. The number of nitrogens with zero attached hydrogens (tertiary/aromatic N) is 2. The number of nitrogens with one attached hydrogen (secondary N) is 1. The minimum atomic E-state index is 0.424. The van der Waals surface area contributed by atoms with E-state index in [9.17, 15) is 0 Å². The van der Waals surface area contributed by atoms with Crippen LogP contribution in [0.5, 0.6) is 0 Å². The van der Waals surface area contributed by atoms with Crippen LogP contribution in [0, 0.1) is 0 Å². The normalized spacial score (nSPS) is 20.7. The fourth-order valence-corrected chi connectivity index (χ4v) is 3.35. The average Bonchev–Trinajstić information content (AvgIpc) is 2.88. The third-order valence-corrected chi connectivity index (χ3v) is 4.35. The maximum atomic E-state index is 4.22. The van der Waals surface area contributed by atoms with Crippen LogP contribution in [0.3, 0.4) is 0 Å². The highest BCUT2D eigenvalue weighted by atomic mass is 15.2. The summed E-state index contributed by atoms with van der Waals surface area (Å²) in [5.41, 5.74) is 4.21. The molecule has 3 nitrogen and oxygen atoms in total. The van der Waals surface area contributed by atoms with Gasteiger partial charge in [0.15, 0.2) is 0 Å². The SMILES string of the molecule is CCNC1c2ccccc2CC1N(C)Cc1cccnc1. The van der Waals surface area contributed by atoms with Crippen molar-refractivity contribution in [3.05, 3.63) is 65.5 Å². The molecule has 2 atom stereocenters. The second-order valence-corrected chi connectivity index (χ2v) is 5.78. The molecule has 0 radical (unpaired) electrons. The molecule has 1 heterocycles. The van der Waals surface area contributed by atoms with Gasteiger partial charge in [0.2, 0.25) is 0 Å². The Hall–Kier alpha value is -1.71. The van der Waals surface area contributed by atoms with E-state index in [0.717, 1.165) is 19.5 Å². The minimum Gasteiger partial charge on any atom is -0.309 e. The molecule has 1 aromatic carbocycles. The summed E-state index contributed by atoms with van der Waals surface area (Å²) in [4.78, 5) is 6.67. The number of fused-ring (bicyclic) bond motifs is 1. The van der Waals surface area contributed by atoms with Crippen LogP contribution < -0.4 is 5.32 Å². The quantitative estimate of drug-likeness (QED) is 0.913. The summed E-state index contributed by atoms with van der Waals surface area (Å²) < 4.78 is 0. The summed E-state index contributed by atoms with van der Waals surface area (Å²) in [6.45, 7) is 4.11. The van der Waals surface area contributed by atoms with Gasteiger partial charge < -0.3 is 5.32 Å². The predicted molar refractivity (Wildman–Crippen MR) is 86.1 cm³/mol. The zero-order chi connectivity index (χ0) is 14.7. The van der Waals surface area contributed by atoms with Gasteiger partial charge in [0.1, 0.15) is 0 Å². The average molecular weight is 281 g/mol. The molecule has 3 rings (SSSR count).